The Kier molecular flexibility index (Phi) is 2.73. The number of ether oxygens (including phenoxy) is 1. The Balaban J connectivity index is 2.09. The number of rotatable bonds is 2. The van der Waals surface area contributed by atoms with Crippen molar-refractivity contribution in [2.45, 2.75) is 18.9 Å². The Morgan fingerprint density at radius 3 is 2.94 bits per heavy atom. The van der Waals surface area contributed by atoms with E-state index in [0.29, 0.717) is 6.04 Å². The predicted octanol–water partition coefficient (Wildman–Crippen LogP) is 2.43. The fourth-order valence-electron chi connectivity index (χ4n) is 2.51. The molecular weight excluding hydrogens is 214 g/mol. The number of hydrogen-bond acceptors (Lipinski definition) is 3. The second-order valence-corrected chi connectivity index (χ2v) is 4.43. The monoisotopic (exact) mass is 231 g/mol. The number of anilines is 1. The van der Waals surface area contributed by atoms with Crippen LogP contribution >= 0.6 is 0 Å². The second kappa shape index (κ2) is 4.37. The number of aromatic nitrogens is 2. The summed E-state index contributed by atoms with van der Waals surface area (Å²) in [5, 5.41) is 8.99. The molecule has 0 unspecified atom stereocenters. The minimum Gasteiger partial charge on any atom is -0.386 e. The molecule has 0 radical (unpaired) electrons. The van der Waals surface area contributed by atoms with Crippen LogP contribution in [0.1, 0.15) is 18.9 Å². The molecule has 17 heavy (non-hydrogen) atoms. The first-order chi connectivity index (χ1) is 8.40. The molecule has 1 aromatic carbocycles. The molecule has 0 saturated carbocycles. The highest BCUT2D eigenvalue weighted by Crippen LogP contribution is 2.29. The minimum absolute atomic E-state index is 0.468. The molecule has 1 aliphatic rings. The summed E-state index contributed by atoms with van der Waals surface area (Å²) < 4.78 is 7.57. The largest absolute Gasteiger partial charge is 0.386 e. The molecule has 1 N–H and O–H groups in total. The van der Waals surface area contributed by atoms with Crippen molar-refractivity contribution in [3.8, 4) is 0 Å². The van der Waals surface area contributed by atoms with Crippen molar-refractivity contribution in [2.24, 2.45) is 0 Å². The maximum atomic E-state index is 5.41. The average Bonchev–Trinajstić information content (AvgIpc) is 2.83. The third kappa shape index (κ3) is 1.78. The summed E-state index contributed by atoms with van der Waals surface area (Å²) in [6.45, 7) is 1.68. The normalized spacial score (nSPS) is 17.5. The van der Waals surface area contributed by atoms with Crippen molar-refractivity contribution in [2.75, 3.05) is 25.6 Å². The zero-order chi connectivity index (χ0) is 11.7. The highest BCUT2D eigenvalue weighted by molar-refractivity contribution is 5.90. The highest BCUT2D eigenvalue weighted by atomic mass is 16.5. The van der Waals surface area contributed by atoms with Crippen LogP contribution in [0.5, 0.6) is 0 Å². The molecule has 2 heterocycles. The Labute approximate surface area is 101 Å². The fraction of sp³-hybridized carbons (Fsp3) is 0.462. The molecule has 0 bridgehead atoms. The molecule has 3 rings (SSSR count). The van der Waals surface area contributed by atoms with E-state index in [4.69, 9.17) is 4.74 Å². The molecular formula is C13H17N3O. The van der Waals surface area contributed by atoms with Gasteiger partial charge in [-0.05, 0) is 18.9 Å². The van der Waals surface area contributed by atoms with Crippen molar-refractivity contribution < 1.29 is 4.74 Å². The van der Waals surface area contributed by atoms with Gasteiger partial charge >= 0.3 is 0 Å². The first kappa shape index (κ1) is 10.6. The van der Waals surface area contributed by atoms with Crippen LogP contribution in [0.25, 0.3) is 10.9 Å². The molecule has 4 heteroatoms. The number of nitrogens with one attached hydrogen (secondary N) is 1. The van der Waals surface area contributed by atoms with Crippen molar-refractivity contribution in [3.05, 3.63) is 24.4 Å². The van der Waals surface area contributed by atoms with Crippen molar-refractivity contribution in [3.63, 3.8) is 0 Å². The quantitative estimate of drug-likeness (QED) is 0.862. The van der Waals surface area contributed by atoms with E-state index < -0.39 is 0 Å². The van der Waals surface area contributed by atoms with E-state index in [9.17, 15) is 0 Å². The number of nitrogens with zero attached hydrogens (tertiary/aromatic N) is 2. The van der Waals surface area contributed by atoms with E-state index in [2.05, 4.69) is 33.3 Å². The lowest BCUT2D eigenvalue weighted by Crippen LogP contribution is -2.20. The SMILES string of the molecule is CNc1cccc2cnn(C3CCOCC3)c12. The van der Waals surface area contributed by atoms with E-state index in [0.717, 1.165) is 31.7 Å². The number of benzene rings is 1. The standard InChI is InChI=1S/C13H17N3O/c1-14-12-4-2-3-10-9-15-16(13(10)12)11-5-7-17-8-6-11/h2-4,9,11,14H,5-8H2,1H3. The van der Waals surface area contributed by atoms with Crippen LogP contribution in [0.2, 0.25) is 0 Å². The zero-order valence-corrected chi connectivity index (χ0v) is 10.0. The van der Waals surface area contributed by atoms with Gasteiger partial charge in [-0.15, -0.1) is 0 Å². The predicted molar refractivity (Wildman–Crippen MR) is 68.4 cm³/mol. The summed E-state index contributed by atoms with van der Waals surface area (Å²) in [7, 11) is 1.95. The molecule has 1 fully saturated rings. The lowest BCUT2D eigenvalue weighted by molar-refractivity contribution is 0.0675. The highest BCUT2D eigenvalue weighted by Gasteiger charge is 2.19. The maximum absolute atomic E-state index is 5.41. The zero-order valence-electron chi connectivity index (χ0n) is 10.0. The Bertz CT molecular complexity index is 514. The molecule has 90 valence electrons. The first-order valence-electron chi connectivity index (χ1n) is 6.12. The van der Waals surface area contributed by atoms with E-state index in [1.807, 2.05) is 13.2 Å². The van der Waals surface area contributed by atoms with Gasteiger partial charge in [-0.25, -0.2) is 0 Å². The van der Waals surface area contributed by atoms with Crippen molar-refractivity contribution >= 4 is 16.6 Å². The molecule has 4 nitrogen and oxygen atoms in total. The van der Waals surface area contributed by atoms with Gasteiger partial charge in [0.2, 0.25) is 0 Å². The third-order valence-corrected chi connectivity index (χ3v) is 3.42. The number of para-hydroxylation sites is 1. The van der Waals surface area contributed by atoms with Gasteiger partial charge in [0.1, 0.15) is 0 Å². The van der Waals surface area contributed by atoms with Gasteiger partial charge in [0.15, 0.2) is 0 Å². The van der Waals surface area contributed by atoms with Crippen LogP contribution in [-0.4, -0.2) is 30.0 Å². The summed E-state index contributed by atoms with van der Waals surface area (Å²) in [5.74, 6) is 0. The van der Waals surface area contributed by atoms with E-state index in [-0.39, 0.29) is 0 Å². The molecule has 1 saturated heterocycles. The number of fused-ring (bicyclic) bond motifs is 1. The molecule has 0 spiro atoms. The molecule has 0 amide bonds. The smallest absolute Gasteiger partial charge is 0.0916 e. The lowest BCUT2D eigenvalue weighted by Gasteiger charge is -2.23. The van der Waals surface area contributed by atoms with Gasteiger partial charge in [0, 0.05) is 25.6 Å². The van der Waals surface area contributed by atoms with Crippen LogP contribution in [-0.2, 0) is 4.74 Å². The third-order valence-electron chi connectivity index (χ3n) is 3.42. The van der Waals surface area contributed by atoms with Crippen LogP contribution in [0, 0.1) is 0 Å². The van der Waals surface area contributed by atoms with Gasteiger partial charge in [0.25, 0.3) is 0 Å². The van der Waals surface area contributed by atoms with E-state index in [1.54, 1.807) is 0 Å². The molecule has 2 aromatic rings. The van der Waals surface area contributed by atoms with Gasteiger partial charge in [-0.2, -0.15) is 5.10 Å². The van der Waals surface area contributed by atoms with E-state index in [1.165, 1.54) is 10.9 Å². The molecule has 1 aliphatic heterocycles. The van der Waals surface area contributed by atoms with E-state index >= 15 is 0 Å². The fourth-order valence-corrected chi connectivity index (χ4v) is 2.51. The van der Waals surface area contributed by atoms with Crippen LogP contribution in [0.3, 0.4) is 0 Å². The van der Waals surface area contributed by atoms with Gasteiger partial charge in [0.05, 0.1) is 23.4 Å². The summed E-state index contributed by atoms with van der Waals surface area (Å²) >= 11 is 0. The van der Waals surface area contributed by atoms with Crippen molar-refractivity contribution in [1.29, 1.82) is 0 Å². The average molecular weight is 231 g/mol. The lowest BCUT2D eigenvalue weighted by atomic mass is 10.1. The van der Waals surface area contributed by atoms with Crippen LogP contribution in [0.4, 0.5) is 5.69 Å². The summed E-state index contributed by atoms with van der Waals surface area (Å²) in [6, 6.07) is 6.74. The molecule has 0 atom stereocenters. The maximum Gasteiger partial charge on any atom is 0.0916 e. The number of hydrogen-bond donors (Lipinski definition) is 1. The van der Waals surface area contributed by atoms with Gasteiger partial charge in [-0.3, -0.25) is 4.68 Å². The minimum atomic E-state index is 0.468. The summed E-state index contributed by atoms with van der Waals surface area (Å²) in [5.41, 5.74) is 2.35. The molecule has 0 aliphatic carbocycles. The van der Waals surface area contributed by atoms with Gasteiger partial charge < -0.3 is 10.1 Å². The molecule has 1 aromatic heterocycles. The summed E-state index contributed by atoms with van der Waals surface area (Å²) in [4.78, 5) is 0. The summed E-state index contributed by atoms with van der Waals surface area (Å²) in [6.07, 6.45) is 4.05. The van der Waals surface area contributed by atoms with Gasteiger partial charge in [-0.1, -0.05) is 12.1 Å². The Morgan fingerprint density at radius 2 is 2.18 bits per heavy atom. The first-order valence-corrected chi connectivity index (χ1v) is 6.12. The topological polar surface area (TPSA) is 39.1 Å². The Hall–Kier alpha value is -1.55. The van der Waals surface area contributed by atoms with Crippen LogP contribution < -0.4 is 5.32 Å². The second-order valence-electron chi connectivity index (χ2n) is 4.43. The van der Waals surface area contributed by atoms with Crippen molar-refractivity contribution in [1.82, 2.24) is 9.78 Å². The Morgan fingerprint density at radius 1 is 1.35 bits per heavy atom. The van der Waals surface area contributed by atoms with Crippen LogP contribution in [0.15, 0.2) is 24.4 Å².